The van der Waals surface area contributed by atoms with E-state index in [2.05, 4.69) is 0 Å². The lowest BCUT2D eigenvalue weighted by Gasteiger charge is -2.21. The minimum atomic E-state index is -0.888. The van der Waals surface area contributed by atoms with E-state index < -0.39 is 17.9 Å². The second-order valence-corrected chi connectivity index (χ2v) is 4.63. The SMILES string of the molecule is COc1cccc(O[C@@H](C)C[C@H](N)C(C)C(=O)O)c1. The van der Waals surface area contributed by atoms with Crippen LogP contribution in [0.3, 0.4) is 0 Å². The summed E-state index contributed by atoms with van der Waals surface area (Å²) in [5.74, 6) is -0.0765. The van der Waals surface area contributed by atoms with E-state index in [4.69, 9.17) is 20.3 Å². The Hall–Kier alpha value is -1.75. The van der Waals surface area contributed by atoms with E-state index in [0.717, 1.165) is 0 Å². The van der Waals surface area contributed by atoms with Crippen LogP contribution >= 0.6 is 0 Å². The van der Waals surface area contributed by atoms with Crippen molar-refractivity contribution in [3.05, 3.63) is 24.3 Å². The fourth-order valence-corrected chi connectivity index (χ4v) is 1.73. The number of aliphatic carboxylic acids is 1. The molecule has 0 saturated carbocycles. The van der Waals surface area contributed by atoms with Gasteiger partial charge in [0.2, 0.25) is 0 Å². The molecule has 1 rings (SSSR count). The summed E-state index contributed by atoms with van der Waals surface area (Å²) in [5, 5.41) is 8.89. The van der Waals surface area contributed by atoms with Crippen LogP contribution in [0.4, 0.5) is 0 Å². The maximum atomic E-state index is 10.8. The molecule has 0 saturated heterocycles. The first-order chi connectivity index (χ1) is 8.93. The molecule has 106 valence electrons. The summed E-state index contributed by atoms with van der Waals surface area (Å²) in [6.07, 6.45) is 0.314. The maximum Gasteiger partial charge on any atom is 0.307 e. The minimum absolute atomic E-state index is 0.163. The van der Waals surface area contributed by atoms with Gasteiger partial charge in [-0.05, 0) is 25.5 Å². The molecular weight excluding hydrogens is 246 g/mol. The highest BCUT2D eigenvalue weighted by Gasteiger charge is 2.22. The number of rotatable bonds is 7. The molecule has 0 radical (unpaired) electrons. The van der Waals surface area contributed by atoms with E-state index in [9.17, 15) is 4.79 Å². The van der Waals surface area contributed by atoms with Gasteiger partial charge < -0.3 is 20.3 Å². The van der Waals surface area contributed by atoms with Crippen LogP contribution in [-0.2, 0) is 4.79 Å². The van der Waals surface area contributed by atoms with Crippen molar-refractivity contribution in [3.63, 3.8) is 0 Å². The molecule has 0 aliphatic rings. The number of carbonyl (C=O) groups is 1. The van der Waals surface area contributed by atoms with Gasteiger partial charge in [-0.3, -0.25) is 4.79 Å². The number of nitrogens with two attached hydrogens (primary N) is 1. The molecule has 5 heteroatoms. The van der Waals surface area contributed by atoms with E-state index in [-0.39, 0.29) is 6.10 Å². The number of hydrogen-bond donors (Lipinski definition) is 2. The third kappa shape index (κ3) is 4.79. The summed E-state index contributed by atoms with van der Waals surface area (Å²) >= 11 is 0. The summed E-state index contributed by atoms with van der Waals surface area (Å²) in [6, 6.07) is 6.84. The largest absolute Gasteiger partial charge is 0.497 e. The van der Waals surface area contributed by atoms with Gasteiger partial charge in [-0.15, -0.1) is 0 Å². The van der Waals surface area contributed by atoms with Crippen molar-refractivity contribution >= 4 is 5.97 Å². The Morgan fingerprint density at radius 2 is 2.00 bits per heavy atom. The topological polar surface area (TPSA) is 81.8 Å². The van der Waals surface area contributed by atoms with Crippen molar-refractivity contribution in [2.45, 2.75) is 32.4 Å². The van der Waals surface area contributed by atoms with E-state index in [1.54, 1.807) is 20.1 Å². The molecule has 0 amide bonds. The van der Waals surface area contributed by atoms with Gasteiger partial charge >= 0.3 is 5.97 Å². The van der Waals surface area contributed by atoms with Crippen LogP contribution in [0.25, 0.3) is 0 Å². The lowest BCUT2D eigenvalue weighted by atomic mass is 9.98. The lowest BCUT2D eigenvalue weighted by molar-refractivity contribution is -0.141. The molecule has 3 atom stereocenters. The van der Waals surface area contributed by atoms with Crippen LogP contribution in [0.5, 0.6) is 11.5 Å². The fraction of sp³-hybridized carbons (Fsp3) is 0.500. The molecule has 0 spiro atoms. The Labute approximate surface area is 113 Å². The number of methoxy groups -OCH3 is 1. The first-order valence-electron chi connectivity index (χ1n) is 6.23. The Morgan fingerprint density at radius 1 is 1.37 bits per heavy atom. The first-order valence-corrected chi connectivity index (χ1v) is 6.23. The van der Waals surface area contributed by atoms with Gasteiger partial charge in [0.1, 0.15) is 11.5 Å². The lowest BCUT2D eigenvalue weighted by Crippen LogP contribution is -2.37. The van der Waals surface area contributed by atoms with E-state index in [0.29, 0.717) is 17.9 Å². The Kier molecular flexibility index (Phi) is 5.63. The second-order valence-electron chi connectivity index (χ2n) is 4.63. The molecule has 0 aliphatic heterocycles. The van der Waals surface area contributed by atoms with Gasteiger partial charge in [0.05, 0.1) is 19.1 Å². The molecular formula is C14H21NO4. The number of carboxylic acids is 1. The fourth-order valence-electron chi connectivity index (χ4n) is 1.73. The zero-order chi connectivity index (χ0) is 14.4. The molecule has 1 aromatic rings. The number of hydrogen-bond acceptors (Lipinski definition) is 4. The van der Waals surface area contributed by atoms with Gasteiger partial charge in [0.25, 0.3) is 0 Å². The van der Waals surface area contributed by atoms with Crippen LogP contribution < -0.4 is 15.2 Å². The van der Waals surface area contributed by atoms with E-state index in [1.807, 2.05) is 25.1 Å². The highest BCUT2D eigenvalue weighted by atomic mass is 16.5. The Morgan fingerprint density at radius 3 is 2.58 bits per heavy atom. The maximum absolute atomic E-state index is 10.8. The molecule has 3 N–H and O–H groups in total. The Balaban J connectivity index is 2.54. The summed E-state index contributed by atoms with van der Waals surface area (Å²) in [7, 11) is 1.59. The molecule has 19 heavy (non-hydrogen) atoms. The predicted octanol–water partition coefficient (Wildman–Crippen LogP) is 1.90. The van der Waals surface area contributed by atoms with E-state index in [1.165, 1.54) is 0 Å². The van der Waals surface area contributed by atoms with Crippen LogP contribution in [0, 0.1) is 5.92 Å². The van der Waals surface area contributed by atoms with Crippen molar-refractivity contribution in [1.29, 1.82) is 0 Å². The van der Waals surface area contributed by atoms with Crippen molar-refractivity contribution in [2.24, 2.45) is 11.7 Å². The molecule has 5 nitrogen and oxygen atoms in total. The zero-order valence-corrected chi connectivity index (χ0v) is 11.5. The molecule has 0 aromatic heterocycles. The average molecular weight is 267 g/mol. The standard InChI is InChI=1S/C14H21NO4/c1-9(7-13(15)10(2)14(16)17)19-12-6-4-5-11(8-12)18-3/h4-6,8-10,13H,7,15H2,1-3H3,(H,16,17)/t9-,10?,13-/m0/s1. The molecule has 0 bridgehead atoms. The van der Waals surface area contributed by atoms with Crippen LogP contribution in [0.2, 0.25) is 0 Å². The molecule has 1 unspecified atom stereocenters. The van der Waals surface area contributed by atoms with Gasteiger partial charge in [-0.25, -0.2) is 0 Å². The molecule has 1 aromatic carbocycles. The van der Waals surface area contributed by atoms with E-state index >= 15 is 0 Å². The number of carboxylic acid groups (broad SMARTS) is 1. The zero-order valence-electron chi connectivity index (χ0n) is 11.5. The number of benzene rings is 1. The summed E-state index contributed by atoms with van der Waals surface area (Å²) in [6.45, 7) is 3.47. The minimum Gasteiger partial charge on any atom is -0.497 e. The van der Waals surface area contributed by atoms with Crippen LogP contribution in [-0.4, -0.2) is 30.3 Å². The van der Waals surface area contributed by atoms with Crippen LogP contribution in [0.15, 0.2) is 24.3 Å². The monoisotopic (exact) mass is 267 g/mol. The van der Waals surface area contributed by atoms with Crippen molar-refractivity contribution in [1.82, 2.24) is 0 Å². The first kappa shape index (κ1) is 15.3. The predicted molar refractivity (Wildman–Crippen MR) is 72.5 cm³/mol. The summed E-state index contributed by atoms with van der Waals surface area (Å²) in [4.78, 5) is 10.8. The van der Waals surface area contributed by atoms with Gasteiger partial charge in [-0.2, -0.15) is 0 Å². The van der Waals surface area contributed by atoms with Gasteiger partial charge in [0, 0.05) is 12.1 Å². The smallest absolute Gasteiger partial charge is 0.307 e. The van der Waals surface area contributed by atoms with Gasteiger partial charge in [0.15, 0.2) is 0 Å². The summed E-state index contributed by atoms with van der Waals surface area (Å²) < 4.78 is 10.8. The quantitative estimate of drug-likeness (QED) is 0.788. The van der Waals surface area contributed by atoms with Gasteiger partial charge in [-0.1, -0.05) is 13.0 Å². The third-order valence-electron chi connectivity index (χ3n) is 3.01. The highest BCUT2D eigenvalue weighted by Crippen LogP contribution is 2.21. The van der Waals surface area contributed by atoms with Crippen molar-refractivity contribution < 1.29 is 19.4 Å². The number of ether oxygens (including phenoxy) is 2. The molecule has 0 heterocycles. The Bertz CT molecular complexity index is 422. The normalized spacial score (nSPS) is 15.4. The average Bonchev–Trinajstić information content (AvgIpc) is 2.37. The highest BCUT2D eigenvalue weighted by molar-refractivity contribution is 5.70. The third-order valence-corrected chi connectivity index (χ3v) is 3.01. The van der Waals surface area contributed by atoms with Crippen LogP contribution in [0.1, 0.15) is 20.3 Å². The second kappa shape index (κ2) is 6.99. The summed E-state index contributed by atoms with van der Waals surface area (Å²) in [5.41, 5.74) is 5.84. The van der Waals surface area contributed by atoms with Crippen molar-refractivity contribution in [3.8, 4) is 11.5 Å². The van der Waals surface area contributed by atoms with Crippen molar-refractivity contribution in [2.75, 3.05) is 7.11 Å². The molecule has 0 aliphatic carbocycles. The molecule has 0 fully saturated rings.